The molecule has 1 N–H and O–H groups in total. The zero-order valence-electron chi connectivity index (χ0n) is 15.2. The second-order valence-corrected chi connectivity index (χ2v) is 9.36. The minimum Gasteiger partial charge on any atom is -0.353 e. The standard InChI is InChI=1S/C19H27FN2O3S/c1-14-12-16(20)9-10-18(14)26(24,25)22-11-5-6-15(13-22)19(23)21-17-7-3-2-4-8-17/h9-10,12,15,17H,2-8,11,13H2,1H3,(H,21,23)/t15-/m0/s1. The van der Waals surface area contributed by atoms with Crippen molar-refractivity contribution >= 4 is 15.9 Å². The SMILES string of the molecule is Cc1cc(F)ccc1S(=O)(=O)N1CCC[C@H](C(=O)NC2CCCCC2)C1. The summed E-state index contributed by atoms with van der Waals surface area (Å²) in [5.41, 5.74) is 0.388. The summed E-state index contributed by atoms with van der Waals surface area (Å²) in [7, 11) is -3.72. The molecule has 7 heteroatoms. The number of benzene rings is 1. The number of nitrogens with one attached hydrogen (secondary N) is 1. The lowest BCUT2D eigenvalue weighted by molar-refractivity contribution is -0.127. The van der Waals surface area contributed by atoms with Crippen LogP contribution in [-0.2, 0) is 14.8 Å². The molecule has 3 rings (SSSR count). The Balaban J connectivity index is 1.69. The fourth-order valence-corrected chi connectivity index (χ4v) is 5.71. The van der Waals surface area contributed by atoms with Crippen LogP contribution in [0.3, 0.4) is 0 Å². The van der Waals surface area contributed by atoms with E-state index in [-0.39, 0.29) is 29.3 Å². The molecule has 1 aliphatic heterocycles. The highest BCUT2D eigenvalue weighted by molar-refractivity contribution is 7.89. The lowest BCUT2D eigenvalue weighted by atomic mass is 9.93. The maximum absolute atomic E-state index is 13.3. The van der Waals surface area contributed by atoms with Crippen LogP contribution >= 0.6 is 0 Å². The van der Waals surface area contributed by atoms with Gasteiger partial charge in [-0.1, -0.05) is 19.3 Å². The number of carbonyl (C=O) groups is 1. The highest BCUT2D eigenvalue weighted by Crippen LogP contribution is 2.27. The number of aryl methyl sites for hydroxylation is 1. The van der Waals surface area contributed by atoms with Crippen molar-refractivity contribution in [2.24, 2.45) is 5.92 Å². The first-order valence-electron chi connectivity index (χ1n) is 9.44. The predicted molar refractivity (Wildman–Crippen MR) is 97.6 cm³/mol. The number of amides is 1. The molecule has 1 atom stereocenters. The van der Waals surface area contributed by atoms with E-state index in [2.05, 4.69) is 5.32 Å². The van der Waals surface area contributed by atoms with Gasteiger partial charge in [-0.2, -0.15) is 4.31 Å². The van der Waals surface area contributed by atoms with Crippen molar-refractivity contribution < 1.29 is 17.6 Å². The van der Waals surface area contributed by atoms with Crippen molar-refractivity contribution in [1.29, 1.82) is 0 Å². The van der Waals surface area contributed by atoms with Gasteiger partial charge in [0.2, 0.25) is 15.9 Å². The fourth-order valence-electron chi connectivity index (χ4n) is 3.98. The van der Waals surface area contributed by atoms with Crippen LogP contribution in [0, 0.1) is 18.7 Å². The van der Waals surface area contributed by atoms with Gasteiger partial charge < -0.3 is 5.32 Å². The third-order valence-electron chi connectivity index (χ3n) is 5.46. The molecule has 1 heterocycles. The van der Waals surface area contributed by atoms with Gasteiger partial charge in [0.1, 0.15) is 5.82 Å². The highest BCUT2D eigenvalue weighted by atomic mass is 32.2. The van der Waals surface area contributed by atoms with Gasteiger partial charge in [-0.3, -0.25) is 4.79 Å². The van der Waals surface area contributed by atoms with Gasteiger partial charge in [-0.25, -0.2) is 12.8 Å². The van der Waals surface area contributed by atoms with Crippen LogP contribution in [0.25, 0.3) is 0 Å². The average molecular weight is 383 g/mol. The molecule has 1 saturated heterocycles. The topological polar surface area (TPSA) is 66.5 Å². The third-order valence-corrected chi connectivity index (χ3v) is 7.49. The van der Waals surface area contributed by atoms with Crippen LogP contribution in [0.4, 0.5) is 4.39 Å². The summed E-state index contributed by atoms with van der Waals surface area (Å²) < 4.78 is 40.6. The number of nitrogens with zero attached hydrogens (tertiary/aromatic N) is 1. The van der Waals surface area contributed by atoms with Gasteiger partial charge >= 0.3 is 0 Å². The Labute approximate surface area is 155 Å². The molecular weight excluding hydrogens is 355 g/mol. The molecule has 1 aromatic carbocycles. The summed E-state index contributed by atoms with van der Waals surface area (Å²) in [6, 6.07) is 3.93. The molecule has 1 aromatic rings. The number of carbonyl (C=O) groups excluding carboxylic acids is 1. The molecule has 1 aliphatic carbocycles. The summed E-state index contributed by atoms with van der Waals surface area (Å²) in [5.74, 6) is -0.807. The number of halogens is 1. The molecule has 0 radical (unpaired) electrons. The minimum atomic E-state index is -3.72. The van der Waals surface area contributed by atoms with Gasteiger partial charge in [0.15, 0.2) is 0 Å². The van der Waals surface area contributed by atoms with Gasteiger partial charge in [-0.05, 0) is 56.4 Å². The van der Waals surface area contributed by atoms with E-state index in [0.717, 1.165) is 31.7 Å². The van der Waals surface area contributed by atoms with Crippen molar-refractivity contribution in [1.82, 2.24) is 9.62 Å². The van der Waals surface area contributed by atoms with E-state index >= 15 is 0 Å². The maximum Gasteiger partial charge on any atom is 0.243 e. The monoisotopic (exact) mass is 382 g/mol. The molecule has 26 heavy (non-hydrogen) atoms. The Bertz CT molecular complexity index is 760. The summed E-state index contributed by atoms with van der Waals surface area (Å²) in [6.07, 6.45) is 6.87. The average Bonchev–Trinajstić information content (AvgIpc) is 2.62. The summed E-state index contributed by atoms with van der Waals surface area (Å²) in [6.45, 7) is 2.18. The van der Waals surface area contributed by atoms with Gasteiger partial charge in [0, 0.05) is 19.1 Å². The van der Waals surface area contributed by atoms with E-state index in [1.54, 1.807) is 6.92 Å². The fraction of sp³-hybridized carbons (Fsp3) is 0.632. The summed E-state index contributed by atoms with van der Waals surface area (Å²) in [5, 5.41) is 3.11. The van der Waals surface area contributed by atoms with E-state index in [9.17, 15) is 17.6 Å². The van der Waals surface area contributed by atoms with Crippen LogP contribution in [0.5, 0.6) is 0 Å². The molecular formula is C19H27FN2O3S. The number of hydrogen-bond acceptors (Lipinski definition) is 3. The van der Waals surface area contributed by atoms with Gasteiger partial charge in [0.25, 0.3) is 0 Å². The first kappa shape index (κ1) is 19.3. The second-order valence-electron chi connectivity index (χ2n) is 7.46. The summed E-state index contributed by atoms with van der Waals surface area (Å²) in [4.78, 5) is 12.7. The Morgan fingerprint density at radius 1 is 1.15 bits per heavy atom. The highest BCUT2D eigenvalue weighted by Gasteiger charge is 2.34. The van der Waals surface area contributed by atoms with Crippen molar-refractivity contribution in [3.05, 3.63) is 29.6 Å². The Hall–Kier alpha value is -1.47. The molecule has 2 fully saturated rings. The van der Waals surface area contributed by atoms with E-state index in [4.69, 9.17) is 0 Å². The third kappa shape index (κ3) is 4.26. The van der Waals surface area contributed by atoms with E-state index in [1.807, 2.05) is 0 Å². The lowest BCUT2D eigenvalue weighted by Gasteiger charge is -2.33. The first-order chi connectivity index (χ1) is 12.4. The quantitative estimate of drug-likeness (QED) is 0.871. The van der Waals surface area contributed by atoms with Crippen molar-refractivity contribution in [2.75, 3.05) is 13.1 Å². The van der Waals surface area contributed by atoms with Crippen LogP contribution in [0.1, 0.15) is 50.5 Å². The summed E-state index contributed by atoms with van der Waals surface area (Å²) >= 11 is 0. The normalized spacial score (nSPS) is 22.9. The lowest BCUT2D eigenvalue weighted by Crippen LogP contribution is -2.47. The molecule has 0 unspecified atom stereocenters. The Morgan fingerprint density at radius 2 is 1.88 bits per heavy atom. The minimum absolute atomic E-state index is 0.0346. The van der Waals surface area contributed by atoms with Crippen LogP contribution in [0.2, 0.25) is 0 Å². The molecule has 5 nitrogen and oxygen atoms in total. The molecule has 0 aromatic heterocycles. The zero-order chi connectivity index (χ0) is 18.7. The van der Waals surface area contributed by atoms with Crippen molar-refractivity contribution in [2.45, 2.75) is 62.8 Å². The molecule has 144 valence electrons. The van der Waals surface area contributed by atoms with Crippen LogP contribution < -0.4 is 5.32 Å². The number of rotatable bonds is 4. The number of hydrogen-bond donors (Lipinski definition) is 1. The van der Waals surface area contributed by atoms with E-state index in [1.165, 1.54) is 22.9 Å². The largest absolute Gasteiger partial charge is 0.353 e. The molecule has 0 spiro atoms. The Kier molecular flexibility index (Phi) is 5.97. The van der Waals surface area contributed by atoms with Gasteiger partial charge in [-0.15, -0.1) is 0 Å². The first-order valence-corrected chi connectivity index (χ1v) is 10.9. The zero-order valence-corrected chi connectivity index (χ0v) is 16.0. The molecule has 0 bridgehead atoms. The van der Waals surface area contributed by atoms with E-state index < -0.39 is 15.8 Å². The number of piperidine rings is 1. The van der Waals surface area contributed by atoms with Crippen molar-refractivity contribution in [3.8, 4) is 0 Å². The molecule has 2 aliphatic rings. The smallest absolute Gasteiger partial charge is 0.243 e. The second kappa shape index (κ2) is 8.05. The number of sulfonamides is 1. The van der Waals surface area contributed by atoms with E-state index in [0.29, 0.717) is 24.9 Å². The van der Waals surface area contributed by atoms with Gasteiger partial charge in [0.05, 0.1) is 10.8 Å². The van der Waals surface area contributed by atoms with Crippen molar-refractivity contribution in [3.63, 3.8) is 0 Å². The maximum atomic E-state index is 13.3. The van der Waals surface area contributed by atoms with Crippen LogP contribution in [0.15, 0.2) is 23.1 Å². The Morgan fingerprint density at radius 3 is 2.58 bits per heavy atom. The van der Waals surface area contributed by atoms with Crippen LogP contribution in [-0.4, -0.2) is 37.8 Å². The molecule has 1 amide bonds. The molecule has 1 saturated carbocycles. The predicted octanol–water partition coefficient (Wildman–Crippen LogP) is 2.98.